The molecule has 0 bridgehead atoms. The van der Waals surface area contributed by atoms with Crippen LogP contribution < -0.4 is 5.32 Å². The van der Waals surface area contributed by atoms with Crippen molar-refractivity contribution in [3.05, 3.63) is 65.5 Å². The molecule has 0 saturated carbocycles. The molecule has 3 rings (SSSR count). The first-order valence-electron chi connectivity index (χ1n) is 9.80. The molecule has 1 N–H and O–H groups in total. The monoisotopic (exact) mass is 522 g/mol. The van der Waals surface area contributed by atoms with Gasteiger partial charge in [-0.2, -0.15) is 10.2 Å². The highest BCUT2D eigenvalue weighted by atomic mass is 127. The molecule has 0 atom stereocenters. The molecule has 2 aromatic heterocycles. The van der Waals surface area contributed by atoms with Crippen molar-refractivity contribution in [2.24, 2.45) is 12.0 Å². The second kappa shape index (κ2) is 11.1. The fraction of sp³-hybridized carbons (Fsp3) is 0.429. The van der Waals surface area contributed by atoms with Gasteiger partial charge in [-0.25, -0.2) is 9.67 Å². The fourth-order valence-corrected chi connectivity index (χ4v) is 3.40. The predicted molar refractivity (Wildman–Crippen MR) is 130 cm³/mol. The zero-order valence-electron chi connectivity index (χ0n) is 18.3. The number of aromatic nitrogens is 5. The first kappa shape index (κ1) is 23.8. The van der Waals surface area contributed by atoms with E-state index in [-0.39, 0.29) is 24.0 Å². The van der Waals surface area contributed by atoms with Gasteiger partial charge in [0.1, 0.15) is 12.7 Å². The summed E-state index contributed by atoms with van der Waals surface area (Å²) >= 11 is 0. The number of hydrogen-bond donors (Lipinski definition) is 1. The molecular formula is C21H31IN8. The van der Waals surface area contributed by atoms with E-state index in [1.54, 1.807) is 12.7 Å². The minimum Gasteiger partial charge on any atom is -0.352 e. The lowest BCUT2D eigenvalue weighted by Gasteiger charge is -2.22. The topological polar surface area (TPSA) is 76.2 Å². The third kappa shape index (κ3) is 6.28. The second-order valence-corrected chi connectivity index (χ2v) is 7.54. The fourth-order valence-electron chi connectivity index (χ4n) is 3.40. The van der Waals surface area contributed by atoms with Crippen LogP contribution in [0.2, 0.25) is 0 Å². The van der Waals surface area contributed by atoms with Gasteiger partial charge in [0.15, 0.2) is 5.96 Å². The Hall–Kier alpha value is -2.43. The molecule has 0 amide bonds. The molecule has 0 spiro atoms. The standard InChI is InChI=1S/C21H30N8.HI/c1-16(2)20-19(13-28(5)26-20)12-27(4)21(22-3)24-10-17-7-6-8-18(9-17)11-29-15-23-14-25-29;/h6-9,13-16H,10-12H2,1-5H3,(H,22,24);1H. The van der Waals surface area contributed by atoms with Crippen molar-refractivity contribution < 1.29 is 0 Å². The Morgan fingerprint density at radius 1 is 1.27 bits per heavy atom. The molecule has 0 aliphatic rings. The summed E-state index contributed by atoms with van der Waals surface area (Å²) in [7, 11) is 5.83. The molecule has 0 aliphatic carbocycles. The summed E-state index contributed by atoms with van der Waals surface area (Å²) in [5, 5.41) is 12.2. The third-order valence-corrected chi connectivity index (χ3v) is 4.72. The average molecular weight is 522 g/mol. The van der Waals surface area contributed by atoms with Crippen LogP contribution in [0.5, 0.6) is 0 Å². The Kier molecular flexibility index (Phi) is 8.82. The molecule has 2 heterocycles. The van der Waals surface area contributed by atoms with E-state index in [1.165, 1.54) is 16.7 Å². The maximum absolute atomic E-state index is 4.60. The minimum atomic E-state index is 0. The maximum atomic E-state index is 4.60. The van der Waals surface area contributed by atoms with Crippen molar-refractivity contribution in [1.82, 2.24) is 34.8 Å². The molecule has 9 heteroatoms. The Morgan fingerprint density at radius 3 is 2.70 bits per heavy atom. The Morgan fingerprint density at radius 2 is 2.03 bits per heavy atom. The van der Waals surface area contributed by atoms with E-state index in [2.05, 4.69) is 74.7 Å². The van der Waals surface area contributed by atoms with Gasteiger partial charge in [-0.05, 0) is 17.0 Å². The molecule has 0 saturated heterocycles. The van der Waals surface area contributed by atoms with Gasteiger partial charge < -0.3 is 10.2 Å². The highest BCUT2D eigenvalue weighted by molar-refractivity contribution is 14.0. The van der Waals surface area contributed by atoms with Crippen molar-refractivity contribution >= 4 is 29.9 Å². The minimum absolute atomic E-state index is 0. The highest BCUT2D eigenvalue weighted by Crippen LogP contribution is 2.18. The molecule has 8 nitrogen and oxygen atoms in total. The largest absolute Gasteiger partial charge is 0.352 e. The van der Waals surface area contributed by atoms with Crippen molar-refractivity contribution in [3.8, 4) is 0 Å². The lowest BCUT2D eigenvalue weighted by atomic mass is 10.1. The lowest BCUT2D eigenvalue weighted by Crippen LogP contribution is -2.38. The molecular weight excluding hydrogens is 491 g/mol. The van der Waals surface area contributed by atoms with Gasteiger partial charge in [0.25, 0.3) is 0 Å². The van der Waals surface area contributed by atoms with Crippen LogP contribution >= 0.6 is 24.0 Å². The number of aryl methyl sites for hydroxylation is 1. The van der Waals surface area contributed by atoms with Gasteiger partial charge in [0.05, 0.1) is 12.2 Å². The van der Waals surface area contributed by atoms with Crippen LogP contribution in [0, 0.1) is 0 Å². The van der Waals surface area contributed by atoms with Crippen molar-refractivity contribution in [3.63, 3.8) is 0 Å². The summed E-state index contributed by atoms with van der Waals surface area (Å²) < 4.78 is 3.70. The smallest absolute Gasteiger partial charge is 0.193 e. The van der Waals surface area contributed by atoms with Gasteiger partial charge in [-0.15, -0.1) is 24.0 Å². The predicted octanol–water partition coefficient (Wildman–Crippen LogP) is 3.01. The van der Waals surface area contributed by atoms with Gasteiger partial charge in [-0.1, -0.05) is 38.1 Å². The van der Waals surface area contributed by atoms with Gasteiger partial charge >= 0.3 is 0 Å². The molecule has 0 radical (unpaired) electrons. The Bertz CT molecular complexity index is 946. The normalized spacial score (nSPS) is 11.5. The first-order valence-corrected chi connectivity index (χ1v) is 9.80. The van der Waals surface area contributed by atoms with Crippen LogP contribution in [0.4, 0.5) is 0 Å². The summed E-state index contributed by atoms with van der Waals surface area (Å²) in [6.07, 6.45) is 5.37. The van der Waals surface area contributed by atoms with Crippen LogP contribution in [0.15, 0.2) is 48.1 Å². The number of hydrogen-bond acceptors (Lipinski definition) is 4. The van der Waals surface area contributed by atoms with E-state index in [4.69, 9.17) is 0 Å². The molecule has 1 aromatic carbocycles. The second-order valence-electron chi connectivity index (χ2n) is 7.54. The quantitative estimate of drug-likeness (QED) is 0.294. The summed E-state index contributed by atoms with van der Waals surface area (Å²) in [6.45, 7) is 6.51. The Labute approximate surface area is 195 Å². The first-order chi connectivity index (χ1) is 14.0. The van der Waals surface area contributed by atoms with E-state index in [0.29, 0.717) is 19.0 Å². The molecule has 162 valence electrons. The van der Waals surface area contributed by atoms with E-state index < -0.39 is 0 Å². The van der Waals surface area contributed by atoms with Gasteiger partial charge in [-0.3, -0.25) is 9.67 Å². The summed E-state index contributed by atoms with van der Waals surface area (Å²) in [5.74, 6) is 1.24. The SMILES string of the molecule is CN=C(NCc1cccc(Cn2cncn2)c1)N(C)Cc1cn(C)nc1C(C)C.I. The van der Waals surface area contributed by atoms with Gasteiger partial charge in [0, 0.05) is 46.0 Å². The Balaban J connectivity index is 0.00000320. The molecule has 0 fully saturated rings. The molecule has 3 aromatic rings. The maximum Gasteiger partial charge on any atom is 0.193 e. The van der Waals surface area contributed by atoms with E-state index >= 15 is 0 Å². The van der Waals surface area contributed by atoms with Crippen molar-refractivity contribution in [1.29, 1.82) is 0 Å². The molecule has 30 heavy (non-hydrogen) atoms. The number of nitrogens with one attached hydrogen (secondary N) is 1. The molecule has 0 aliphatic heterocycles. The number of nitrogens with zero attached hydrogens (tertiary/aromatic N) is 7. The van der Waals surface area contributed by atoms with Crippen LogP contribution in [-0.4, -0.2) is 49.5 Å². The number of rotatable bonds is 7. The lowest BCUT2D eigenvalue weighted by molar-refractivity contribution is 0.473. The molecule has 0 unspecified atom stereocenters. The number of halogens is 1. The zero-order valence-corrected chi connectivity index (χ0v) is 20.6. The van der Waals surface area contributed by atoms with E-state index in [9.17, 15) is 0 Å². The highest BCUT2D eigenvalue weighted by Gasteiger charge is 2.15. The van der Waals surface area contributed by atoms with E-state index in [1.807, 2.05) is 30.5 Å². The summed E-state index contributed by atoms with van der Waals surface area (Å²) in [5.41, 5.74) is 4.75. The summed E-state index contributed by atoms with van der Waals surface area (Å²) in [6, 6.07) is 8.46. The van der Waals surface area contributed by atoms with Gasteiger partial charge in [0.2, 0.25) is 0 Å². The van der Waals surface area contributed by atoms with Crippen LogP contribution in [-0.2, 0) is 26.7 Å². The third-order valence-electron chi connectivity index (χ3n) is 4.72. The summed E-state index contributed by atoms with van der Waals surface area (Å²) in [4.78, 5) is 10.6. The van der Waals surface area contributed by atoms with Crippen molar-refractivity contribution in [2.75, 3.05) is 14.1 Å². The van der Waals surface area contributed by atoms with E-state index in [0.717, 1.165) is 18.2 Å². The van der Waals surface area contributed by atoms with Crippen LogP contribution in [0.1, 0.15) is 42.1 Å². The van der Waals surface area contributed by atoms with Crippen LogP contribution in [0.25, 0.3) is 0 Å². The van der Waals surface area contributed by atoms with Crippen LogP contribution in [0.3, 0.4) is 0 Å². The zero-order chi connectivity index (χ0) is 20.8. The number of aliphatic imine (C=N–C) groups is 1. The average Bonchev–Trinajstić information content (AvgIpc) is 3.32. The number of benzene rings is 1. The number of guanidine groups is 1. The van der Waals surface area contributed by atoms with Crippen molar-refractivity contribution in [2.45, 2.75) is 39.4 Å².